The van der Waals surface area contributed by atoms with Crippen molar-refractivity contribution in [1.82, 2.24) is 0 Å². The van der Waals surface area contributed by atoms with E-state index in [1.807, 2.05) is 36.4 Å². The van der Waals surface area contributed by atoms with E-state index in [9.17, 15) is 17.6 Å². The van der Waals surface area contributed by atoms with Gasteiger partial charge >= 0.3 is 0 Å². The molecule has 0 saturated carbocycles. The monoisotopic (exact) mass is 479 g/mol. The first-order chi connectivity index (χ1) is 13.2. The average Bonchev–Trinajstić information content (AvgIpc) is 3.10. The molecular weight excluding hydrogens is 465 g/mol. The molecule has 4 nitrogen and oxygen atoms in total. The van der Waals surface area contributed by atoms with Gasteiger partial charge in [0.1, 0.15) is 5.82 Å². The van der Waals surface area contributed by atoms with Crippen molar-refractivity contribution in [3.05, 3.63) is 75.8 Å². The molecule has 2 aromatic carbocycles. The first-order valence-corrected chi connectivity index (χ1v) is 11.6. The Morgan fingerprint density at radius 1 is 1.11 bits per heavy atom. The highest BCUT2D eigenvalue weighted by Crippen LogP contribution is 2.29. The van der Waals surface area contributed by atoms with Crippen molar-refractivity contribution in [1.29, 1.82) is 0 Å². The second kappa shape index (κ2) is 8.38. The molecule has 28 heavy (non-hydrogen) atoms. The minimum absolute atomic E-state index is 0.0643. The molecule has 0 fully saturated rings. The molecule has 8 heteroatoms. The second-order valence-electron chi connectivity index (χ2n) is 5.95. The molecule has 1 aromatic heterocycles. The third-order valence-electron chi connectivity index (χ3n) is 3.78. The van der Waals surface area contributed by atoms with Crippen molar-refractivity contribution in [3.8, 4) is 10.4 Å². The highest BCUT2D eigenvalue weighted by Gasteiger charge is 2.12. The van der Waals surface area contributed by atoms with E-state index >= 15 is 0 Å². The van der Waals surface area contributed by atoms with Crippen molar-refractivity contribution in [2.45, 2.75) is 4.90 Å². The summed E-state index contributed by atoms with van der Waals surface area (Å²) in [6, 6.07) is 15.0. The molecule has 0 unspecified atom stereocenters. The van der Waals surface area contributed by atoms with Gasteiger partial charge in [-0.05, 0) is 54.1 Å². The van der Waals surface area contributed by atoms with Gasteiger partial charge in [0.15, 0.2) is 9.84 Å². The molecule has 1 amide bonds. The maximum absolute atomic E-state index is 13.9. The number of halogens is 2. The fraction of sp³-hybridized carbons (Fsp3) is 0.0500. The average molecular weight is 480 g/mol. The van der Waals surface area contributed by atoms with Crippen LogP contribution in [0.15, 0.2) is 70.0 Å². The van der Waals surface area contributed by atoms with Crippen molar-refractivity contribution >= 4 is 54.8 Å². The number of carbonyl (C=O) groups is 1. The quantitative estimate of drug-likeness (QED) is 0.395. The number of hydrogen-bond acceptors (Lipinski definition) is 4. The third kappa shape index (κ3) is 5.15. The lowest BCUT2D eigenvalue weighted by molar-refractivity contribution is -0.111. The summed E-state index contributed by atoms with van der Waals surface area (Å²) < 4.78 is 38.0. The van der Waals surface area contributed by atoms with Gasteiger partial charge in [-0.25, -0.2) is 12.8 Å². The van der Waals surface area contributed by atoms with Crippen molar-refractivity contribution in [3.63, 3.8) is 0 Å². The Morgan fingerprint density at radius 3 is 2.50 bits per heavy atom. The van der Waals surface area contributed by atoms with Crippen LogP contribution in [0.25, 0.3) is 16.5 Å². The Labute approximate surface area is 174 Å². The van der Waals surface area contributed by atoms with Crippen LogP contribution < -0.4 is 5.32 Å². The third-order valence-corrected chi connectivity index (χ3v) is 6.52. The van der Waals surface area contributed by atoms with E-state index in [4.69, 9.17) is 0 Å². The SMILES string of the molecule is CS(=O)(=O)c1ccc(F)c(NC(=O)/C=C/c2ccc(-c3ccc(Br)cc3)s2)c1. The highest BCUT2D eigenvalue weighted by atomic mass is 79.9. The Morgan fingerprint density at radius 2 is 1.82 bits per heavy atom. The van der Waals surface area contributed by atoms with Crippen LogP contribution in [0.4, 0.5) is 10.1 Å². The van der Waals surface area contributed by atoms with Crippen LogP contribution >= 0.6 is 27.3 Å². The van der Waals surface area contributed by atoms with E-state index < -0.39 is 21.6 Å². The number of rotatable bonds is 5. The van der Waals surface area contributed by atoms with Gasteiger partial charge in [-0.3, -0.25) is 4.79 Å². The zero-order valence-corrected chi connectivity index (χ0v) is 17.9. The number of sulfone groups is 1. The van der Waals surface area contributed by atoms with Crippen molar-refractivity contribution in [2.24, 2.45) is 0 Å². The van der Waals surface area contributed by atoms with Gasteiger partial charge in [-0.2, -0.15) is 0 Å². The molecule has 3 rings (SSSR count). The maximum atomic E-state index is 13.9. The smallest absolute Gasteiger partial charge is 0.248 e. The number of nitrogens with one attached hydrogen (secondary N) is 1. The molecule has 0 bridgehead atoms. The molecule has 1 N–H and O–H groups in total. The van der Waals surface area contributed by atoms with E-state index in [1.165, 1.54) is 17.4 Å². The van der Waals surface area contributed by atoms with Crippen LogP contribution in [0.1, 0.15) is 4.88 Å². The van der Waals surface area contributed by atoms with E-state index in [1.54, 1.807) is 6.08 Å². The normalized spacial score (nSPS) is 11.7. The number of benzene rings is 2. The molecule has 0 spiro atoms. The number of carbonyl (C=O) groups excluding carboxylic acids is 1. The van der Waals surface area contributed by atoms with E-state index in [2.05, 4.69) is 21.2 Å². The van der Waals surface area contributed by atoms with Crippen LogP contribution in [0, 0.1) is 5.82 Å². The van der Waals surface area contributed by atoms with E-state index in [0.29, 0.717) is 0 Å². The molecule has 0 radical (unpaired) electrons. The lowest BCUT2D eigenvalue weighted by atomic mass is 10.2. The number of amides is 1. The second-order valence-corrected chi connectivity index (χ2v) is 9.99. The van der Waals surface area contributed by atoms with Crippen LogP contribution in [0.3, 0.4) is 0 Å². The topological polar surface area (TPSA) is 63.2 Å². The Kier molecular flexibility index (Phi) is 6.12. The van der Waals surface area contributed by atoms with Crippen LogP contribution in [0.5, 0.6) is 0 Å². The van der Waals surface area contributed by atoms with Crippen LogP contribution in [-0.2, 0) is 14.6 Å². The van der Waals surface area contributed by atoms with E-state index in [0.717, 1.165) is 44.2 Å². The van der Waals surface area contributed by atoms with Crippen molar-refractivity contribution < 1.29 is 17.6 Å². The molecule has 0 atom stereocenters. The predicted octanol–water partition coefficient (Wildman–Crippen LogP) is 5.37. The van der Waals surface area contributed by atoms with Gasteiger partial charge in [0.05, 0.1) is 10.6 Å². The number of anilines is 1. The van der Waals surface area contributed by atoms with Crippen LogP contribution in [0.2, 0.25) is 0 Å². The summed E-state index contributed by atoms with van der Waals surface area (Å²) in [7, 11) is -3.50. The Balaban J connectivity index is 1.72. The summed E-state index contributed by atoms with van der Waals surface area (Å²) in [4.78, 5) is 13.9. The lowest BCUT2D eigenvalue weighted by Gasteiger charge is -2.06. The highest BCUT2D eigenvalue weighted by molar-refractivity contribution is 9.10. The Hall–Kier alpha value is -2.29. The molecular formula is C20H15BrFNO3S2. The standard InChI is InChI=1S/C20H15BrFNO3S2/c1-28(25,26)16-8-9-17(22)18(12-16)23-20(24)11-7-15-6-10-19(27-15)13-2-4-14(21)5-3-13/h2-12H,1H3,(H,23,24)/b11-7+. The maximum Gasteiger partial charge on any atom is 0.248 e. The molecule has 0 aliphatic rings. The fourth-order valence-corrected chi connectivity index (χ4v) is 4.20. The molecule has 0 aliphatic heterocycles. The summed E-state index contributed by atoms with van der Waals surface area (Å²) in [5, 5.41) is 2.37. The van der Waals surface area contributed by atoms with Crippen molar-refractivity contribution in [2.75, 3.05) is 11.6 Å². The molecule has 3 aromatic rings. The van der Waals surface area contributed by atoms with E-state index in [-0.39, 0.29) is 10.6 Å². The van der Waals surface area contributed by atoms with Gasteiger partial charge in [-0.1, -0.05) is 28.1 Å². The summed E-state index contributed by atoms with van der Waals surface area (Å²) >= 11 is 4.91. The minimum atomic E-state index is -3.50. The summed E-state index contributed by atoms with van der Waals surface area (Å²) in [5.41, 5.74) is 0.885. The molecule has 144 valence electrons. The number of thiophene rings is 1. The lowest BCUT2D eigenvalue weighted by Crippen LogP contribution is -2.10. The zero-order chi connectivity index (χ0) is 20.3. The summed E-state index contributed by atoms with van der Waals surface area (Å²) in [6.07, 6.45) is 3.93. The van der Waals surface area contributed by atoms with Gasteiger partial charge in [0.2, 0.25) is 5.91 Å². The number of hydrogen-bond donors (Lipinski definition) is 1. The summed E-state index contributed by atoms with van der Waals surface area (Å²) in [5.74, 6) is -1.26. The first-order valence-electron chi connectivity index (χ1n) is 8.07. The summed E-state index contributed by atoms with van der Waals surface area (Å²) in [6.45, 7) is 0. The zero-order valence-electron chi connectivity index (χ0n) is 14.6. The van der Waals surface area contributed by atoms with Crippen LogP contribution in [-0.4, -0.2) is 20.6 Å². The van der Waals surface area contributed by atoms with Gasteiger partial charge in [0.25, 0.3) is 0 Å². The van der Waals surface area contributed by atoms with Gasteiger partial charge < -0.3 is 5.32 Å². The first kappa shape index (κ1) is 20.4. The molecule has 0 aliphatic carbocycles. The van der Waals surface area contributed by atoms with Gasteiger partial charge in [0, 0.05) is 26.6 Å². The predicted molar refractivity (Wildman–Crippen MR) is 115 cm³/mol. The Bertz CT molecular complexity index is 1150. The van der Waals surface area contributed by atoms with Gasteiger partial charge in [-0.15, -0.1) is 11.3 Å². The molecule has 1 heterocycles. The fourth-order valence-electron chi connectivity index (χ4n) is 2.37. The molecule has 0 saturated heterocycles. The largest absolute Gasteiger partial charge is 0.320 e. The minimum Gasteiger partial charge on any atom is -0.320 e.